The van der Waals surface area contributed by atoms with Gasteiger partial charge in [0.2, 0.25) is 0 Å². The van der Waals surface area contributed by atoms with Gasteiger partial charge in [-0.2, -0.15) is 0 Å². The Hall–Kier alpha value is -1.02. The van der Waals surface area contributed by atoms with Crippen LogP contribution in [-0.4, -0.2) is 17.3 Å². The van der Waals surface area contributed by atoms with E-state index in [9.17, 15) is 5.11 Å². The molecule has 0 amide bonds. The number of hydrogen-bond donors (Lipinski definition) is 2. The van der Waals surface area contributed by atoms with Crippen LogP contribution in [0.3, 0.4) is 0 Å². The summed E-state index contributed by atoms with van der Waals surface area (Å²) in [6.07, 6.45) is 3.92. The molecule has 1 aromatic rings. The van der Waals surface area contributed by atoms with Crippen LogP contribution in [0.4, 0.5) is 5.69 Å². The van der Waals surface area contributed by atoms with E-state index < -0.39 is 0 Å². The normalized spacial score (nSPS) is 24.3. The van der Waals surface area contributed by atoms with E-state index >= 15 is 0 Å². The molecule has 2 nitrogen and oxygen atoms in total. The van der Waals surface area contributed by atoms with Crippen LogP contribution < -0.4 is 5.32 Å². The highest BCUT2D eigenvalue weighted by molar-refractivity contribution is 5.53. The molecule has 1 aliphatic rings. The molecule has 1 saturated carbocycles. The number of rotatable bonds is 2. The third-order valence-corrected chi connectivity index (χ3v) is 4.15. The van der Waals surface area contributed by atoms with Gasteiger partial charge in [0.1, 0.15) is 0 Å². The average Bonchev–Trinajstić information content (AvgIpc) is 2.33. The first-order valence-corrected chi connectivity index (χ1v) is 7.42. The number of hydrogen-bond acceptors (Lipinski definition) is 2. The van der Waals surface area contributed by atoms with Gasteiger partial charge < -0.3 is 10.4 Å². The third-order valence-electron chi connectivity index (χ3n) is 4.15. The predicted octanol–water partition coefficient (Wildman–Crippen LogP) is 4.01. The summed E-state index contributed by atoms with van der Waals surface area (Å²) in [4.78, 5) is 0. The van der Waals surface area contributed by atoms with E-state index in [-0.39, 0.29) is 11.5 Å². The summed E-state index contributed by atoms with van der Waals surface area (Å²) in [6, 6.07) is 7.25. The Balaban J connectivity index is 2.05. The summed E-state index contributed by atoms with van der Waals surface area (Å²) < 4.78 is 0. The average molecular weight is 261 g/mol. The lowest BCUT2D eigenvalue weighted by Gasteiger charge is -2.28. The van der Waals surface area contributed by atoms with Crippen molar-refractivity contribution in [2.75, 3.05) is 5.32 Å². The molecule has 0 saturated heterocycles. The van der Waals surface area contributed by atoms with E-state index in [0.29, 0.717) is 6.04 Å². The Morgan fingerprint density at radius 2 is 1.74 bits per heavy atom. The molecule has 0 aliphatic heterocycles. The summed E-state index contributed by atoms with van der Waals surface area (Å²) in [5.74, 6) is 0. The largest absolute Gasteiger partial charge is 0.393 e. The lowest BCUT2D eigenvalue weighted by Crippen LogP contribution is -2.28. The van der Waals surface area contributed by atoms with Crippen LogP contribution >= 0.6 is 0 Å². The van der Waals surface area contributed by atoms with Gasteiger partial charge in [-0.05, 0) is 55.2 Å². The molecular weight excluding hydrogens is 234 g/mol. The molecule has 19 heavy (non-hydrogen) atoms. The fourth-order valence-corrected chi connectivity index (χ4v) is 2.73. The minimum absolute atomic E-state index is 0.0811. The topological polar surface area (TPSA) is 32.3 Å². The van der Waals surface area contributed by atoms with Crippen LogP contribution in [0.2, 0.25) is 0 Å². The Kier molecular flexibility index (Phi) is 4.19. The maximum Gasteiger partial charge on any atom is 0.0541 e. The molecule has 2 heteroatoms. The number of anilines is 1. The van der Waals surface area contributed by atoms with E-state index in [1.165, 1.54) is 16.8 Å². The van der Waals surface area contributed by atoms with Crippen molar-refractivity contribution >= 4 is 5.69 Å². The molecule has 1 aliphatic carbocycles. The van der Waals surface area contributed by atoms with Crippen LogP contribution in [0, 0.1) is 6.92 Å². The zero-order chi connectivity index (χ0) is 14.0. The summed E-state index contributed by atoms with van der Waals surface area (Å²) in [7, 11) is 0. The van der Waals surface area contributed by atoms with Crippen LogP contribution in [0.5, 0.6) is 0 Å². The van der Waals surface area contributed by atoms with Crippen LogP contribution in [0.15, 0.2) is 18.2 Å². The van der Waals surface area contributed by atoms with Gasteiger partial charge in [-0.3, -0.25) is 0 Å². The smallest absolute Gasteiger partial charge is 0.0541 e. The van der Waals surface area contributed by atoms with Gasteiger partial charge in [0.05, 0.1) is 6.10 Å². The first-order valence-electron chi connectivity index (χ1n) is 7.42. The molecule has 0 unspecified atom stereocenters. The van der Waals surface area contributed by atoms with Gasteiger partial charge in [0.25, 0.3) is 0 Å². The predicted molar refractivity (Wildman–Crippen MR) is 81.8 cm³/mol. The van der Waals surface area contributed by atoms with E-state index in [2.05, 4.69) is 51.2 Å². The SMILES string of the molecule is Cc1cc(C(C)(C)C)ccc1NC1CCC(O)CC1. The molecule has 0 radical (unpaired) electrons. The van der Waals surface area contributed by atoms with Gasteiger partial charge in [-0.25, -0.2) is 0 Å². The molecule has 106 valence electrons. The second-order valence-corrected chi connectivity index (χ2v) is 6.93. The lowest BCUT2D eigenvalue weighted by molar-refractivity contribution is 0.126. The number of aryl methyl sites for hydroxylation is 1. The van der Waals surface area contributed by atoms with Gasteiger partial charge >= 0.3 is 0 Å². The van der Waals surface area contributed by atoms with Crippen molar-refractivity contribution in [2.24, 2.45) is 0 Å². The Morgan fingerprint density at radius 3 is 2.26 bits per heavy atom. The first-order chi connectivity index (χ1) is 8.86. The summed E-state index contributed by atoms with van der Waals surface area (Å²) in [5, 5.41) is 13.2. The fraction of sp³-hybridized carbons (Fsp3) is 0.647. The van der Waals surface area contributed by atoms with Gasteiger partial charge in [-0.1, -0.05) is 32.9 Å². The molecule has 2 N–H and O–H groups in total. The highest BCUT2D eigenvalue weighted by Crippen LogP contribution is 2.28. The zero-order valence-corrected chi connectivity index (χ0v) is 12.7. The third kappa shape index (κ3) is 3.73. The number of benzene rings is 1. The van der Waals surface area contributed by atoms with Gasteiger partial charge in [0.15, 0.2) is 0 Å². The summed E-state index contributed by atoms with van der Waals surface area (Å²) in [5.41, 5.74) is 4.15. The van der Waals surface area contributed by atoms with Crippen molar-refractivity contribution in [1.29, 1.82) is 0 Å². The van der Waals surface area contributed by atoms with Crippen molar-refractivity contribution in [1.82, 2.24) is 0 Å². The molecule has 0 atom stereocenters. The quantitative estimate of drug-likeness (QED) is 0.843. The van der Waals surface area contributed by atoms with Crippen LogP contribution in [0.1, 0.15) is 57.6 Å². The van der Waals surface area contributed by atoms with Crippen LogP contribution in [-0.2, 0) is 5.41 Å². The number of aliphatic hydroxyl groups is 1. The minimum atomic E-state index is -0.0811. The van der Waals surface area contributed by atoms with Gasteiger partial charge in [-0.15, -0.1) is 0 Å². The Bertz CT molecular complexity index is 425. The molecule has 0 heterocycles. The fourth-order valence-electron chi connectivity index (χ4n) is 2.73. The van der Waals surface area contributed by atoms with E-state index in [0.717, 1.165) is 25.7 Å². The number of nitrogens with one attached hydrogen (secondary N) is 1. The molecule has 1 aromatic carbocycles. The zero-order valence-electron chi connectivity index (χ0n) is 12.7. The first kappa shape index (κ1) is 14.4. The summed E-state index contributed by atoms with van der Waals surface area (Å²) >= 11 is 0. The second kappa shape index (κ2) is 5.54. The molecular formula is C17H27NO. The van der Waals surface area contributed by atoms with Crippen molar-refractivity contribution in [3.63, 3.8) is 0 Å². The number of aliphatic hydroxyl groups excluding tert-OH is 1. The lowest BCUT2D eigenvalue weighted by atomic mass is 9.86. The van der Waals surface area contributed by atoms with Crippen molar-refractivity contribution in [3.8, 4) is 0 Å². The van der Waals surface area contributed by atoms with E-state index in [4.69, 9.17) is 0 Å². The van der Waals surface area contributed by atoms with E-state index in [1.807, 2.05) is 0 Å². The standard InChI is InChI=1S/C17H27NO/c1-12-11-13(17(2,3)4)5-10-16(12)18-14-6-8-15(19)9-7-14/h5,10-11,14-15,18-19H,6-9H2,1-4H3. The summed E-state index contributed by atoms with van der Waals surface area (Å²) in [6.45, 7) is 8.92. The van der Waals surface area contributed by atoms with E-state index in [1.54, 1.807) is 0 Å². The molecule has 1 fully saturated rings. The van der Waals surface area contributed by atoms with Crippen molar-refractivity contribution in [3.05, 3.63) is 29.3 Å². The van der Waals surface area contributed by atoms with Crippen molar-refractivity contribution in [2.45, 2.75) is 70.9 Å². The van der Waals surface area contributed by atoms with Crippen LogP contribution in [0.25, 0.3) is 0 Å². The molecule has 0 aromatic heterocycles. The van der Waals surface area contributed by atoms with Crippen molar-refractivity contribution < 1.29 is 5.11 Å². The van der Waals surface area contributed by atoms with Gasteiger partial charge in [0, 0.05) is 11.7 Å². The maximum atomic E-state index is 9.55. The highest BCUT2D eigenvalue weighted by Gasteiger charge is 2.20. The maximum absolute atomic E-state index is 9.55. The molecule has 0 bridgehead atoms. The second-order valence-electron chi connectivity index (χ2n) is 6.93. The monoisotopic (exact) mass is 261 g/mol. The molecule has 2 rings (SSSR count). The highest BCUT2D eigenvalue weighted by atomic mass is 16.3. The Labute approximate surface area is 117 Å². The Morgan fingerprint density at radius 1 is 1.11 bits per heavy atom. The molecule has 0 spiro atoms. The minimum Gasteiger partial charge on any atom is -0.393 e.